The number of halogens is 1. The van der Waals surface area contributed by atoms with Crippen LogP contribution < -0.4 is 9.62 Å². The van der Waals surface area contributed by atoms with Crippen molar-refractivity contribution in [1.82, 2.24) is 10.3 Å². The highest BCUT2D eigenvalue weighted by atomic mass is 35.5. The minimum Gasteiger partial charge on any atom is -0.477 e. The van der Waals surface area contributed by atoms with E-state index in [-0.39, 0.29) is 22.8 Å². The lowest BCUT2D eigenvalue weighted by molar-refractivity contribution is -0.119. The van der Waals surface area contributed by atoms with Crippen molar-refractivity contribution in [3.05, 3.63) is 88.2 Å². The van der Waals surface area contributed by atoms with E-state index in [1.807, 2.05) is 6.92 Å². The second-order valence-corrected chi connectivity index (χ2v) is 9.57. The van der Waals surface area contributed by atoms with Gasteiger partial charge in [-0.05, 0) is 55.8 Å². The number of aryl methyl sites for hydroxylation is 1. The van der Waals surface area contributed by atoms with Crippen molar-refractivity contribution in [1.29, 1.82) is 0 Å². The third-order valence-electron chi connectivity index (χ3n) is 4.90. The summed E-state index contributed by atoms with van der Waals surface area (Å²) in [6.45, 7) is 2.95. The number of aromatic nitrogens is 1. The Hall–Kier alpha value is -3.43. The molecule has 0 unspecified atom stereocenters. The summed E-state index contributed by atoms with van der Waals surface area (Å²) in [4.78, 5) is 27.8. The number of pyridine rings is 1. The SMILES string of the molecule is Cc1ccc(S(=O)(=O)N(CC(=O)NCc2cccc(C(=O)O)n2)c2cccc(Cl)c2C)cc1. The highest BCUT2D eigenvalue weighted by molar-refractivity contribution is 7.92. The number of carbonyl (C=O) groups is 2. The minimum absolute atomic E-state index is 0.0381. The predicted molar refractivity (Wildman–Crippen MR) is 125 cm³/mol. The summed E-state index contributed by atoms with van der Waals surface area (Å²) < 4.78 is 27.9. The number of hydrogen-bond donors (Lipinski definition) is 2. The van der Waals surface area contributed by atoms with Crippen molar-refractivity contribution >= 4 is 39.2 Å². The van der Waals surface area contributed by atoms with Crippen LogP contribution in [0, 0.1) is 13.8 Å². The van der Waals surface area contributed by atoms with Crippen molar-refractivity contribution in [2.24, 2.45) is 0 Å². The second-order valence-electron chi connectivity index (χ2n) is 7.30. The molecule has 2 aromatic carbocycles. The van der Waals surface area contributed by atoms with E-state index in [1.54, 1.807) is 43.3 Å². The Morgan fingerprint density at radius 2 is 1.70 bits per heavy atom. The van der Waals surface area contributed by atoms with Gasteiger partial charge in [0.05, 0.1) is 22.8 Å². The van der Waals surface area contributed by atoms with Gasteiger partial charge in [-0.25, -0.2) is 18.2 Å². The minimum atomic E-state index is -4.09. The van der Waals surface area contributed by atoms with Crippen molar-refractivity contribution in [2.45, 2.75) is 25.3 Å². The fourth-order valence-corrected chi connectivity index (χ4v) is 4.72. The lowest BCUT2D eigenvalue weighted by Crippen LogP contribution is -2.41. The number of carboxylic acid groups (broad SMARTS) is 1. The number of carboxylic acids is 1. The molecule has 10 heteroatoms. The molecule has 0 saturated carbocycles. The van der Waals surface area contributed by atoms with Gasteiger partial charge in [-0.2, -0.15) is 0 Å². The highest BCUT2D eigenvalue weighted by Gasteiger charge is 2.28. The Balaban J connectivity index is 1.89. The summed E-state index contributed by atoms with van der Waals surface area (Å²) in [6, 6.07) is 15.6. The van der Waals surface area contributed by atoms with E-state index >= 15 is 0 Å². The quantitative estimate of drug-likeness (QED) is 0.501. The highest BCUT2D eigenvalue weighted by Crippen LogP contribution is 2.30. The maximum Gasteiger partial charge on any atom is 0.354 e. The zero-order valence-electron chi connectivity index (χ0n) is 17.9. The van der Waals surface area contributed by atoms with Crippen LogP contribution in [-0.2, 0) is 21.4 Å². The topological polar surface area (TPSA) is 117 Å². The number of rotatable bonds is 8. The molecule has 3 aromatic rings. The smallest absolute Gasteiger partial charge is 0.354 e. The number of aromatic carboxylic acids is 1. The van der Waals surface area contributed by atoms with E-state index in [0.717, 1.165) is 9.87 Å². The van der Waals surface area contributed by atoms with E-state index in [2.05, 4.69) is 10.3 Å². The summed E-state index contributed by atoms with van der Waals surface area (Å²) in [6.07, 6.45) is 0. The third-order valence-corrected chi connectivity index (χ3v) is 7.08. The molecule has 0 aliphatic heterocycles. The molecule has 0 radical (unpaired) electrons. The Morgan fingerprint density at radius 3 is 2.36 bits per heavy atom. The Morgan fingerprint density at radius 1 is 1.03 bits per heavy atom. The van der Waals surface area contributed by atoms with Crippen LogP contribution in [0.2, 0.25) is 5.02 Å². The molecule has 172 valence electrons. The Labute approximate surface area is 196 Å². The van der Waals surface area contributed by atoms with E-state index in [0.29, 0.717) is 16.3 Å². The lowest BCUT2D eigenvalue weighted by atomic mass is 10.2. The van der Waals surface area contributed by atoms with E-state index < -0.39 is 28.4 Å². The summed E-state index contributed by atoms with van der Waals surface area (Å²) in [5.41, 5.74) is 1.87. The molecule has 0 aliphatic carbocycles. The molecular weight excluding hydrogens is 466 g/mol. The number of sulfonamides is 1. The van der Waals surface area contributed by atoms with Crippen molar-refractivity contribution < 1.29 is 23.1 Å². The van der Waals surface area contributed by atoms with Gasteiger partial charge in [0.1, 0.15) is 12.2 Å². The zero-order valence-corrected chi connectivity index (χ0v) is 19.5. The van der Waals surface area contributed by atoms with Crippen LogP contribution >= 0.6 is 11.6 Å². The van der Waals surface area contributed by atoms with Crippen molar-refractivity contribution in [3.63, 3.8) is 0 Å². The molecule has 0 saturated heterocycles. The van der Waals surface area contributed by atoms with Gasteiger partial charge in [0.15, 0.2) is 0 Å². The normalized spacial score (nSPS) is 11.1. The van der Waals surface area contributed by atoms with Gasteiger partial charge in [-0.1, -0.05) is 41.4 Å². The van der Waals surface area contributed by atoms with Gasteiger partial charge in [-0.15, -0.1) is 0 Å². The van der Waals surface area contributed by atoms with Crippen LogP contribution in [0.3, 0.4) is 0 Å². The first-order chi connectivity index (χ1) is 15.6. The van der Waals surface area contributed by atoms with Crippen LogP contribution in [0.15, 0.2) is 65.6 Å². The zero-order chi connectivity index (χ0) is 24.2. The monoisotopic (exact) mass is 487 g/mol. The fraction of sp³-hybridized carbons (Fsp3) is 0.174. The van der Waals surface area contributed by atoms with Crippen LogP contribution in [0.25, 0.3) is 0 Å². The van der Waals surface area contributed by atoms with Gasteiger partial charge in [0, 0.05) is 5.02 Å². The van der Waals surface area contributed by atoms with Crippen LogP contribution in [0.4, 0.5) is 5.69 Å². The van der Waals surface area contributed by atoms with Gasteiger partial charge in [0.25, 0.3) is 10.0 Å². The molecule has 0 spiro atoms. The third kappa shape index (κ3) is 5.68. The Bertz CT molecular complexity index is 1290. The van der Waals surface area contributed by atoms with E-state index in [1.165, 1.54) is 24.3 Å². The molecule has 0 fully saturated rings. The largest absolute Gasteiger partial charge is 0.477 e. The molecule has 1 heterocycles. The number of nitrogens with zero attached hydrogens (tertiary/aromatic N) is 2. The number of amides is 1. The van der Waals surface area contributed by atoms with Gasteiger partial charge < -0.3 is 10.4 Å². The lowest BCUT2D eigenvalue weighted by Gasteiger charge is -2.26. The van der Waals surface area contributed by atoms with Crippen molar-refractivity contribution in [2.75, 3.05) is 10.8 Å². The predicted octanol–water partition coefficient (Wildman–Crippen LogP) is 3.56. The number of hydrogen-bond acceptors (Lipinski definition) is 5. The fourth-order valence-electron chi connectivity index (χ4n) is 3.08. The van der Waals surface area contributed by atoms with Gasteiger partial charge in [-0.3, -0.25) is 9.10 Å². The van der Waals surface area contributed by atoms with Gasteiger partial charge >= 0.3 is 5.97 Å². The summed E-state index contributed by atoms with van der Waals surface area (Å²) in [7, 11) is -4.09. The molecule has 8 nitrogen and oxygen atoms in total. The first kappa shape index (κ1) is 24.2. The molecule has 0 bridgehead atoms. The average Bonchev–Trinajstić information content (AvgIpc) is 2.78. The van der Waals surface area contributed by atoms with Crippen LogP contribution in [0.5, 0.6) is 0 Å². The van der Waals surface area contributed by atoms with Crippen LogP contribution in [0.1, 0.15) is 27.3 Å². The van der Waals surface area contributed by atoms with Crippen LogP contribution in [-0.4, -0.2) is 36.9 Å². The summed E-state index contributed by atoms with van der Waals surface area (Å²) in [5, 5.41) is 12.0. The number of carbonyl (C=O) groups excluding carboxylic acids is 1. The number of anilines is 1. The summed E-state index contributed by atoms with van der Waals surface area (Å²) in [5.74, 6) is -1.78. The summed E-state index contributed by atoms with van der Waals surface area (Å²) >= 11 is 6.21. The van der Waals surface area contributed by atoms with Gasteiger partial charge in [0.2, 0.25) is 5.91 Å². The molecule has 1 aromatic heterocycles. The standard InChI is InChI=1S/C23H22ClN3O5S/c1-15-9-11-18(12-10-15)33(31,32)27(21-8-4-6-19(24)16(21)2)14-22(28)25-13-17-5-3-7-20(26-17)23(29)30/h3-12H,13-14H2,1-2H3,(H,25,28)(H,29,30). The molecule has 3 rings (SSSR count). The van der Waals surface area contributed by atoms with E-state index in [9.17, 15) is 18.0 Å². The average molecular weight is 488 g/mol. The molecule has 0 atom stereocenters. The number of nitrogens with one attached hydrogen (secondary N) is 1. The molecular formula is C23H22ClN3O5S. The molecule has 1 amide bonds. The maximum absolute atomic E-state index is 13.5. The first-order valence-electron chi connectivity index (χ1n) is 9.90. The first-order valence-corrected chi connectivity index (χ1v) is 11.7. The molecule has 33 heavy (non-hydrogen) atoms. The van der Waals surface area contributed by atoms with Crippen molar-refractivity contribution in [3.8, 4) is 0 Å². The molecule has 2 N–H and O–H groups in total. The maximum atomic E-state index is 13.5. The Kier molecular flexibility index (Phi) is 7.35. The van der Waals surface area contributed by atoms with E-state index in [4.69, 9.17) is 16.7 Å². The molecule has 0 aliphatic rings. The number of benzene rings is 2. The second kappa shape index (κ2) is 10.0.